The summed E-state index contributed by atoms with van der Waals surface area (Å²) in [6.45, 7) is 2.12. The van der Waals surface area contributed by atoms with Crippen molar-refractivity contribution in [1.82, 2.24) is 15.1 Å². The minimum absolute atomic E-state index is 0.195. The third-order valence-corrected chi connectivity index (χ3v) is 4.22. The van der Waals surface area contributed by atoms with E-state index in [1.54, 1.807) is 0 Å². The standard InChI is InChI=1S/C11H14BrN3S/c1-7-4-5-9(16-7)10(13-2)11-8(12)6-14-15(11)3/h4-6,10,13H,1-3H3. The highest BCUT2D eigenvalue weighted by atomic mass is 79.9. The molecule has 0 amide bonds. The molecule has 0 bridgehead atoms. The number of nitrogens with zero attached hydrogens (tertiary/aromatic N) is 2. The van der Waals surface area contributed by atoms with Crippen LogP contribution in [0.15, 0.2) is 22.8 Å². The van der Waals surface area contributed by atoms with E-state index >= 15 is 0 Å². The lowest BCUT2D eigenvalue weighted by atomic mass is 10.2. The smallest absolute Gasteiger partial charge is 0.0850 e. The van der Waals surface area contributed by atoms with Crippen molar-refractivity contribution in [2.24, 2.45) is 7.05 Å². The number of hydrogen-bond acceptors (Lipinski definition) is 3. The fraction of sp³-hybridized carbons (Fsp3) is 0.364. The normalized spacial score (nSPS) is 13.0. The first-order valence-electron chi connectivity index (χ1n) is 5.04. The summed E-state index contributed by atoms with van der Waals surface area (Å²) in [6.07, 6.45) is 1.83. The molecule has 0 aromatic carbocycles. The van der Waals surface area contributed by atoms with Crippen LogP contribution in [0.4, 0.5) is 0 Å². The Hall–Kier alpha value is -0.650. The number of halogens is 1. The predicted octanol–water partition coefficient (Wildman–Crippen LogP) is 2.86. The molecular weight excluding hydrogens is 286 g/mol. The Morgan fingerprint density at radius 3 is 2.69 bits per heavy atom. The average Bonchev–Trinajstić information content (AvgIpc) is 2.80. The van der Waals surface area contributed by atoms with E-state index in [1.165, 1.54) is 9.75 Å². The molecule has 0 saturated heterocycles. The topological polar surface area (TPSA) is 29.9 Å². The van der Waals surface area contributed by atoms with E-state index in [9.17, 15) is 0 Å². The summed E-state index contributed by atoms with van der Waals surface area (Å²) in [5.74, 6) is 0. The first-order valence-corrected chi connectivity index (χ1v) is 6.65. The molecule has 16 heavy (non-hydrogen) atoms. The van der Waals surface area contributed by atoms with Crippen LogP contribution in [0.3, 0.4) is 0 Å². The van der Waals surface area contributed by atoms with Crippen molar-refractivity contribution in [2.45, 2.75) is 13.0 Å². The Labute approximate surface area is 108 Å². The van der Waals surface area contributed by atoms with Gasteiger partial charge in [-0.2, -0.15) is 5.10 Å². The number of aromatic nitrogens is 2. The molecule has 0 aliphatic rings. The Morgan fingerprint density at radius 1 is 1.50 bits per heavy atom. The SMILES string of the molecule is CNC(c1ccc(C)s1)c1c(Br)cnn1C. The molecule has 1 N–H and O–H groups in total. The predicted molar refractivity (Wildman–Crippen MR) is 70.9 cm³/mol. The maximum atomic E-state index is 4.25. The van der Waals surface area contributed by atoms with E-state index in [2.05, 4.69) is 45.4 Å². The van der Waals surface area contributed by atoms with Crippen LogP contribution in [0, 0.1) is 6.92 Å². The van der Waals surface area contributed by atoms with Crippen LogP contribution in [-0.2, 0) is 7.05 Å². The van der Waals surface area contributed by atoms with Gasteiger partial charge >= 0.3 is 0 Å². The molecule has 2 heterocycles. The Morgan fingerprint density at radius 2 is 2.25 bits per heavy atom. The molecule has 2 rings (SSSR count). The highest BCUT2D eigenvalue weighted by Crippen LogP contribution is 2.31. The molecule has 0 aliphatic heterocycles. The van der Waals surface area contributed by atoms with Crippen LogP contribution >= 0.6 is 27.3 Å². The van der Waals surface area contributed by atoms with Crippen molar-refractivity contribution in [1.29, 1.82) is 0 Å². The molecule has 0 radical (unpaired) electrons. The van der Waals surface area contributed by atoms with Gasteiger partial charge in [-0.1, -0.05) is 0 Å². The van der Waals surface area contributed by atoms with E-state index in [0.29, 0.717) is 0 Å². The lowest BCUT2D eigenvalue weighted by Gasteiger charge is -2.15. The van der Waals surface area contributed by atoms with E-state index in [1.807, 2.05) is 36.3 Å². The minimum atomic E-state index is 0.195. The number of nitrogens with one attached hydrogen (secondary N) is 1. The number of rotatable bonds is 3. The highest BCUT2D eigenvalue weighted by molar-refractivity contribution is 9.10. The molecule has 0 aliphatic carbocycles. The molecular formula is C11H14BrN3S. The molecule has 0 spiro atoms. The van der Waals surface area contributed by atoms with Crippen molar-refractivity contribution < 1.29 is 0 Å². The second kappa shape index (κ2) is 4.69. The van der Waals surface area contributed by atoms with Crippen molar-refractivity contribution in [3.8, 4) is 0 Å². The monoisotopic (exact) mass is 299 g/mol. The summed E-state index contributed by atoms with van der Waals surface area (Å²) in [5, 5.41) is 7.59. The van der Waals surface area contributed by atoms with Gasteiger partial charge in [0.25, 0.3) is 0 Å². The molecule has 1 unspecified atom stereocenters. The van der Waals surface area contributed by atoms with Gasteiger partial charge in [0.05, 0.1) is 22.4 Å². The van der Waals surface area contributed by atoms with Gasteiger partial charge in [0.15, 0.2) is 0 Å². The van der Waals surface area contributed by atoms with Crippen molar-refractivity contribution in [3.63, 3.8) is 0 Å². The van der Waals surface area contributed by atoms with Gasteiger partial charge in [-0.05, 0) is 42.0 Å². The van der Waals surface area contributed by atoms with Crippen LogP contribution in [-0.4, -0.2) is 16.8 Å². The molecule has 0 fully saturated rings. The van der Waals surface area contributed by atoms with Gasteiger partial charge in [0.2, 0.25) is 0 Å². The van der Waals surface area contributed by atoms with Crippen molar-refractivity contribution in [3.05, 3.63) is 38.3 Å². The molecule has 5 heteroatoms. The quantitative estimate of drug-likeness (QED) is 0.944. The summed E-state index contributed by atoms with van der Waals surface area (Å²) in [6, 6.07) is 4.51. The fourth-order valence-corrected chi connectivity index (χ4v) is 3.34. The summed E-state index contributed by atoms with van der Waals surface area (Å²) in [7, 11) is 3.93. The molecule has 3 nitrogen and oxygen atoms in total. The second-order valence-electron chi connectivity index (χ2n) is 3.67. The molecule has 1 atom stereocenters. The largest absolute Gasteiger partial charge is 0.307 e. The number of hydrogen-bond donors (Lipinski definition) is 1. The third kappa shape index (κ3) is 2.07. The zero-order chi connectivity index (χ0) is 11.7. The Bertz CT molecular complexity index is 470. The van der Waals surface area contributed by atoms with Crippen LogP contribution in [0.25, 0.3) is 0 Å². The Kier molecular flexibility index (Phi) is 3.47. The summed E-state index contributed by atoms with van der Waals surface area (Å²) < 4.78 is 2.95. The van der Waals surface area contributed by atoms with E-state index < -0.39 is 0 Å². The fourth-order valence-electron chi connectivity index (χ4n) is 1.77. The zero-order valence-electron chi connectivity index (χ0n) is 9.49. The third-order valence-electron chi connectivity index (χ3n) is 2.55. The zero-order valence-corrected chi connectivity index (χ0v) is 11.9. The van der Waals surface area contributed by atoms with Crippen LogP contribution < -0.4 is 5.32 Å². The van der Waals surface area contributed by atoms with Gasteiger partial charge in [-0.3, -0.25) is 4.68 Å². The second-order valence-corrected chi connectivity index (χ2v) is 5.85. The van der Waals surface area contributed by atoms with E-state index in [4.69, 9.17) is 0 Å². The van der Waals surface area contributed by atoms with Gasteiger partial charge in [-0.15, -0.1) is 11.3 Å². The number of thiophene rings is 1. The van der Waals surface area contributed by atoms with Gasteiger partial charge in [-0.25, -0.2) is 0 Å². The van der Waals surface area contributed by atoms with Crippen LogP contribution in [0.5, 0.6) is 0 Å². The number of aryl methyl sites for hydroxylation is 2. The molecule has 0 saturated carbocycles. The first kappa shape index (κ1) is 11.8. The maximum Gasteiger partial charge on any atom is 0.0850 e. The Balaban J connectivity index is 2.44. The molecule has 86 valence electrons. The van der Waals surface area contributed by atoms with Crippen molar-refractivity contribution in [2.75, 3.05) is 7.05 Å². The maximum absolute atomic E-state index is 4.25. The lowest BCUT2D eigenvalue weighted by Crippen LogP contribution is -2.20. The van der Waals surface area contributed by atoms with E-state index in [-0.39, 0.29) is 6.04 Å². The van der Waals surface area contributed by atoms with Gasteiger partial charge in [0.1, 0.15) is 0 Å². The van der Waals surface area contributed by atoms with Crippen LogP contribution in [0.1, 0.15) is 21.5 Å². The average molecular weight is 300 g/mol. The molecule has 2 aromatic rings. The molecule has 2 aromatic heterocycles. The highest BCUT2D eigenvalue weighted by Gasteiger charge is 2.20. The summed E-state index contributed by atoms with van der Waals surface area (Å²) in [4.78, 5) is 2.64. The van der Waals surface area contributed by atoms with E-state index in [0.717, 1.165) is 10.2 Å². The van der Waals surface area contributed by atoms with Crippen LogP contribution in [0.2, 0.25) is 0 Å². The summed E-state index contributed by atoms with van der Waals surface area (Å²) in [5.41, 5.74) is 1.16. The van der Waals surface area contributed by atoms with Crippen molar-refractivity contribution >= 4 is 27.3 Å². The summed E-state index contributed by atoms with van der Waals surface area (Å²) >= 11 is 5.36. The van der Waals surface area contributed by atoms with Gasteiger partial charge < -0.3 is 5.32 Å². The van der Waals surface area contributed by atoms with Gasteiger partial charge in [0, 0.05) is 16.8 Å². The lowest BCUT2D eigenvalue weighted by molar-refractivity contribution is 0.611. The minimum Gasteiger partial charge on any atom is -0.307 e. The first-order chi connectivity index (χ1) is 7.63.